The van der Waals surface area contributed by atoms with Gasteiger partial charge in [-0.15, -0.1) is 11.6 Å². The van der Waals surface area contributed by atoms with E-state index in [0.717, 1.165) is 33.4 Å². The standard InChI is InChI=1S/C16H15BrClN3/c1-11(13-4-2-3-9-19-13)21-15-6-5-12(17)10-14(15)20-16(21)7-8-18/h2-6,9-11H,7-8H2,1H3. The average molecular weight is 365 g/mol. The lowest BCUT2D eigenvalue weighted by atomic mass is 10.2. The lowest BCUT2D eigenvalue weighted by Crippen LogP contribution is -2.12. The second-order valence-corrected chi connectivity index (χ2v) is 6.19. The van der Waals surface area contributed by atoms with Gasteiger partial charge in [-0.05, 0) is 37.3 Å². The first kappa shape index (κ1) is 14.5. The molecule has 3 nitrogen and oxygen atoms in total. The monoisotopic (exact) mass is 363 g/mol. The number of fused-ring (bicyclic) bond motifs is 1. The van der Waals surface area contributed by atoms with Crippen LogP contribution in [0.1, 0.15) is 24.5 Å². The summed E-state index contributed by atoms with van der Waals surface area (Å²) in [4.78, 5) is 9.20. The molecule has 0 amide bonds. The molecule has 0 bridgehead atoms. The summed E-state index contributed by atoms with van der Waals surface area (Å²) in [5.41, 5.74) is 3.11. The van der Waals surface area contributed by atoms with Gasteiger partial charge in [-0.2, -0.15) is 0 Å². The lowest BCUT2D eigenvalue weighted by Gasteiger charge is -2.17. The van der Waals surface area contributed by atoms with E-state index in [1.807, 2.05) is 36.5 Å². The second kappa shape index (κ2) is 6.16. The zero-order valence-corrected chi connectivity index (χ0v) is 14.0. The highest BCUT2D eigenvalue weighted by Gasteiger charge is 2.17. The summed E-state index contributed by atoms with van der Waals surface area (Å²) in [6, 6.07) is 12.3. The van der Waals surface area contributed by atoms with E-state index in [1.54, 1.807) is 0 Å². The topological polar surface area (TPSA) is 30.7 Å². The number of hydrogen-bond donors (Lipinski definition) is 0. The van der Waals surface area contributed by atoms with E-state index in [-0.39, 0.29) is 6.04 Å². The number of aromatic nitrogens is 3. The van der Waals surface area contributed by atoms with Gasteiger partial charge in [0.2, 0.25) is 0 Å². The number of benzene rings is 1. The minimum absolute atomic E-state index is 0.121. The molecule has 2 heterocycles. The molecule has 0 fully saturated rings. The molecule has 0 aliphatic carbocycles. The van der Waals surface area contributed by atoms with Gasteiger partial charge in [0.25, 0.3) is 0 Å². The SMILES string of the molecule is CC(c1ccccn1)n1c(CCCl)nc2cc(Br)ccc21. The van der Waals surface area contributed by atoms with Gasteiger partial charge in [0.1, 0.15) is 5.82 Å². The fourth-order valence-electron chi connectivity index (χ4n) is 2.57. The summed E-state index contributed by atoms with van der Waals surface area (Å²) in [7, 11) is 0. The van der Waals surface area contributed by atoms with E-state index in [2.05, 4.69) is 38.5 Å². The van der Waals surface area contributed by atoms with Gasteiger partial charge in [-0.1, -0.05) is 22.0 Å². The minimum Gasteiger partial charge on any atom is -0.319 e. The molecule has 0 aliphatic rings. The van der Waals surface area contributed by atoms with Crippen LogP contribution in [-0.2, 0) is 6.42 Å². The molecule has 1 aromatic carbocycles. The zero-order valence-electron chi connectivity index (χ0n) is 11.6. The van der Waals surface area contributed by atoms with Crippen LogP contribution >= 0.6 is 27.5 Å². The number of pyridine rings is 1. The van der Waals surface area contributed by atoms with E-state index in [1.165, 1.54) is 0 Å². The molecule has 2 aromatic heterocycles. The van der Waals surface area contributed by atoms with Crippen LogP contribution in [0.2, 0.25) is 0 Å². The highest BCUT2D eigenvalue weighted by atomic mass is 79.9. The predicted molar refractivity (Wildman–Crippen MR) is 89.9 cm³/mol. The fraction of sp³-hybridized carbons (Fsp3) is 0.250. The Morgan fingerprint density at radius 1 is 1.29 bits per heavy atom. The maximum atomic E-state index is 5.94. The molecule has 21 heavy (non-hydrogen) atoms. The zero-order chi connectivity index (χ0) is 14.8. The van der Waals surface area contributed by atoms with Crippen molar-refractivity contribution in [2.75, 3.05) is 5.88 Å². The van der Waals surface area contributed by atoms with Crippen LogP contribution in [0.4, 0.5) is 0 Å². The van der Waals surface area contributed by atoms with E-state index in [4.69, 9.17) is 16.6 Å². The number of nitrogens with zero attached hydrogens (tertiary/aromatic N) is 3. The molecule has 0 aliphatic heterocycles. The van der Waals surface area contributed by atoms with Gasteiger partial charge in [0.05, 0.1) is 22.8 Å². The summed E-state index contributed by atoms with van der Waals surface area (Å²) in [5, 5.41) is 0. The van der Waals surface area contributed by atoms with Crippen LogP contribution in [0.3, 0.4) is 0 Å². The Bertz CT molecular complexity index is 755. The van der Waals surface area contributed by atoms with Crippen molar-refractivity contribution in [1.82, 2.24) is 14.5 Å². The molecule has 5 heteroatoms. The first-order chi connectivity index (χ1) is 10.2. The molecule has 1 atom stereocenters. The third-order valence-corrected chi connectivity index (χ3v) is 4.23. The number of rotatable bonds is 4. The Morgan fingerprint density at radius 2 is 2.14 bits per heavy atom. The molecular formula is C16H15BrClN3. The summed E-state index contributed by atoms with van der Waals surface area (Å²) in [6.45, 7) is 2.14. The molecule has 3 aromatic rings. The maximum Gasteiger partial charge on any atom is 0.111 e. The van der Waals surface area contributed by atoms with Crippen molar-refractivity contribution in [3.63, 3.8) is 0 Å². The highest BCUT2D eigenvalue weighted by molar-refractivity contribution is 9.10. The van der Waals surface area contributed by atoms with Crippen LogP contribution in [0, 0.1) is 0 Å². The van der Waals surface area contributed by atoms with E-state index >= 15 is 0 Å². The molecule has 0 N–H and O–H groups in total. The summed E-state index contributed by atoms with van der Waals surface area (Å²) < 4.78 is 3.26. The molecule has 1 unspecified atom stereocenters. The van der Waals surface area contributed by atoms with Gasteiger partial charge in [-0.3, -0.25) is 4.98 Å². The fourth-order valence-corrected chi connectivity index (χ4v) is 3.09. The van der Waals surface area contributed by atoms with Gasteiger partial charge in [0, 0.05) is 23.0 Å². The Hall–Kier alpha value is -1.39. The van der Waals surface area contributed by atoms with E-state index in [9.17, 15) is 0 Å². The molecule has 0 radical (unpaired) electrons. The Kier molecular flexibility index (Phi) is 4.27. The highest BCUT2D eigenvalue weighted by Crippen LogP contribution is 2.27. The summed E-state index contributed by atoms with van der Waals surface area (Å²) >= 11 is 9.44. The number of halogens is 2. The number of alkyl halides is 1. The molecule has 0 spiro atoms. The van der Waals surface area contributed by atoms with Crippen LogP contribution in [0.15, 0.2) is 47.1 Å². The molecule has 0 saturated carbocycles. The van der Waals surface area contributed by atoms with Gasteiger partial charge < -0.3 is 4.57 Å². The van der Waals surface area contributed by atoms with Crippen molar-refractivity contribution in [2.24, 2.45) is 0 Å². The minimum atomic E-state index is 0.121. The first-order valence-corrected chi connectivity index (χ1v) is 8.16. The largest absolute Gasteiger partial charge is 0.319 e. The van der Waals surface area contributed by atoms with Crippen molar-refractivity contribution in [3.8, 4) is 0 Å². The number of imidazole rings is 1. The van der Waals surface area contributed by atoms with Crippen LogP contribution in [0.25, 0.3) is 11.0 Å². The van der Waals surface area contributed by atoms with Gasteiger partial charge in [0.15, 0.2) is 0 Å². The van der Waals surface area contributed by atoms with Crippen molar-refractivity contribution in [3.05, 3.63) is 58.6 Å². The van der Waals surface area contributed by atoms with Crippen molar-refractivity contribution >= 4 is 38.6 Å². The Labute approximate surface area is 137 Å². The Morgan fingerprint density at radius 3 is 2.86 bits per heavy atom. The molecule has 3 rings (SSSR count). The summed E-state index contributed by atoms with van der Waals surface area (Å²) in [5.74, 6) is 1.55. The maximum absolute atomic E-state index is 5.94. The molecular weight excluding hydrogens is 350 g/mol. The van der Waals surface area contributed by atoms with Gasteiger partial charge >= 0.3 is 0 Å². The van der Waals surface area contributed by atoms with E-state index < -0.39 is 0 Å². The molecule has 0 saturated heterocycles. The van der Waals surface area contributed by atoms with Crippen LogP contribution < -0.4 is 0 Å². The first-order valence-electron chi connectivity index (χ1n) is 6.84. The van der Waals surface area contributed by atoms with E-state index in [0.29, 0.717) is 5.88 Å². The predicted octanol–water partition coefficient (Wildman–Crippen LogP) is 4.58. The Balaban J connectivity index is 2.17. The second-order valence-electron chi connectivity index (χ2n) is 4.90. The quantitative estimate of drug-likeness (QED) is 0.634. The van der Waals surface area contributed by atoms with Crippen molar-refractivity contribution < 1.29 is 0 Å². The van der Waals surface area contributed by atoms with Gasteiger partial charge in [-0.25, -0.2) is 4.98 Å². The smallest absolute Gasteiger partial charge is 0.111 e. The third kappa shape index (κ3) is 2.83. The lowest BCUT2D eigenvalue weighted by molar-refractivity contribution is 0.607. The number of aryl methyl sites for hydroxylation is 1. The van der Waals surface area contributed by atoms with Crippen molar-refractivity contribution in [2.45, 2.75) is 19.4 Å². The van der Waals surface area contributed by atoms with Crippen molar-refractivity contribution in [1.29, 1.82) is 0 Å². The van der Waals surface area contributed by atoms with Crippen LogP contribution in [-0.4, -0.2) is 20.4 Å². The average Bonchev–Trinajstić information content (AvgIpc) is 2.85. The normalized spacial score (nSPS) is 12.7. The number of hydrogen-bond acceptors (Lipinski definition) is 2. The van der Waals surface area contributed by atoms with Crippen LogP contribution in [0.5, 0.6) is 0 Å². The summed E-state index contributed by atoms with van der Waals surface area (Å²) in [6.07, 6.45) is 2.56. The molecule has 108 valence electrons. The third-order valence-electron chi connectivity index (χ3n) is 3.55.